The first-order valence-corrected chi connectivity index (χ1v) is 5.07. The Bertz CT molecular complexity index is 555. The van der Waals surface area contributed by atoms with Crippen molar-refractivity contribution in [1.82, 2.24) is 9.47 Å². The number of carbonyl (C=O) groups is 1. The number of hydrogen-bond donors (Lipinski definition) is 1. The summed E-state index contributed by atoms with van der Waals surface area (Å²) in [5.74, 6) is -0.0245. The fourth-order valence-corrected chi connectivity index (χ4v) is 1.88. The maximum Gasteiger partial charge on any atom is 0.255 e. The van der Waals surface area contributed by atoms with E-state index >= 15 is 0 Å². The highest BCUT2D eigenvalue weighted by Gasteiger charge is 2.16. The second-order valence-electron chi connectivity index (χ2n) is 4.09. The Morgan fingerprint density at radius 3 is 2.69 bits per heavy atom. The molecule has 1 aromatic carbocycles. The number of benzene rings is 1. The van der Waals surface area contributed by atoms with Crippen molar-refractivity contribution in [3.05, 3.63) is 30.0 Å². The maximum absolute atomic E-state index is 12.0. The molecule has 0 radical (unpaired) electrons. The molecule has 4 nitrogen and oxygen atoms in total. The monoisotopic (exact) mass is 217 g/mol. The van der Waals surface area contributed by atoms with E-state index in [1.807, 2.05) is 36.0 Å². The smallest absolute Gasteiger partial charge is 0.255 e. The Morgan fingerprint density at radius 2 is 2.06 bits per heavy atom. The molecule has 0 atom stereocenters. The van der Waals surface area contributed by atoms with Crippen LogP contribution in [0.1, 0.15) is 10.4 Å². The van der Waals surface area contributed by atoms with Gasteiger partial charge in [0.1, 0.15) is 0 Å². The SMILES string of the molecule is CN(C)C(=O)c1cn(C)c2cccc(N)c12. The van der Waals surface area contributed by atoms with Gasteiger partial charge in [-0.1, -0.05) is 6.07 Å². The van der Waals surface area contributed by atoms with Crippen LogP contribution in [-0.2, 0) is 7.05 Å². The van der Waals surface area contributed by atoms with Crippen LogP contribution in [-0.4, -0.2) is 29.5 Å². The molecule has 0 unspecified atom stereocenters. The molecular weight excluding hydrogens is 202 g/mol. The topological polar surface area (TPSA) is 51.3 Å². The lowest BCUT2D eigenvalue weighted by atomic mass is 10.1. The van der Waals surface area contributed by atoms with Gasteiger partial charge in [-0.25, -0.2) is 0 Å². The van der Waals surface area contributed by atoms with E-state index in [0.29, 0.717) is 11.3 Å². The first kappa shape index (κ1) is 10.5. The highest BCUT2D eigenvalue weighted by molar-refractivity contribution is 6.10. The molecule has 2 rings (SSSR count). The van der Waals surface area contributed by atoms with Crippen LogP contribution < -0.4 is 5.73 Å². The van der Waals surface area contributed by atoms with Crippen LogP contribution in [0.3, 0.4) is 0 Å². The second-order valence-corrected chi connectivity index (χ2v) is 4.09. The van der Waals surface area contributed by atoms with Gasteiger partial charge in [0.25, 0.3) is 5.91 Å². The van der Waals surface area contributed by atoms with Gasteiger partial charge in [0.2, 0.25) is 0 Å². The summed E-state index contributed by atoms with van der Waals surface area (Å²) in [7, 11) is 5.38. The molecule has 1 heterocycles. The number of rotatable bonds is 1. The van der Waals surface area contributed by atoms with E-state index in [2.05, 4.69) is 0 Å². The Labute approximate surface area is 94.3 Å². The number of fused-ring (bicyclic) bond motifs is 1. The fraction of sp³-hybridized carbons (Fsp3) is 0.250. The van der Waals surface area contributed by atoms with E-state index < -0.39 is 0 Å². The molecule has 0 aliphatic rings. The lowest BCUT2D eigenvalue weighted by Gasteiger charge is -2.09. The predicted octanol–water partition coefficient (Wildman–Crippen LogP) is 1.46. The standard InChI is InChI=1S/C12H15N3O/c1-14(2)12(16)8-7-15(3)10-6-4-5-9(13)11(8)10/h4-7H,13H2,1-3H3. The first-order chi connectivity index (χ1) is 7.52. The zero-order valence-electron chi connectivity index (χ0n) is 9.69. The number of aromatic nitrogens is 1. The summed E-state index contributed by atoms with van der Waals surface area (Å²) in [6.45, 7) is 0. The Balaban J connectivity index is 2.76. The number of nitrogens with zero attached hydrogens (tertiary/aromatic N) is 2. The van der Waals surface area contributed by atoms with Gasteiger partial charge in [-0.3, -0.25) is 4.79 Å². The molecule has 1 aromatic heterocycles. The highest BCUT2D eigenvalue weighted by atomic mass is 16.2. The van der Waals surface area contributed by atoms with Crippen molar-refractivity contribution in [1.29, 1.82) is 0 Å². The second kappa shape index (κ2) is 3.56. The molecule has 0 aliphatic heterocycles. The summed E-state index contributed by atoms with van der Waals surface area (Å²) in [6, 6.07) is 5.66. The number of hydrogen-bond acceptors (Lipinski definition) is 2. The normalized spacial score (nSPS) is 10.7. The van der Waals surface area contributed by atoms with Crippen LogP contribution in [0, 0.1) is 0 Å². The molecule has 0 saturated carbocycles. The average Bonchev–Trinajstić information content (AvgIpc) is 2.57. The van der Waals surface area contributed by atoms with Gasteiger partial charge < -0.3 is 15.2 Å². The van der Waals surface area contributed by atoms with E-state index in [1.165, 1.54) is 0 Å². The first-order valence-electron chi connectivity index (χ1n) is 5.07. The van der Waals surface area contributed by atoms with Crippen molar-refractivity contribution in [2.45, 2.75) is 0 Å². The van der Waals surface area contributed by atoms with Crippen LogP contribution in [0.25, 0.3) is 10.9 Å². The van der Waals surface area contributed by atoms with E-state index in [-0.39, 0.29) is 5.91 Å². The minimum absolute atomic E-state index is 0.0245. The Kier molecular flexibility index (Phi) is 2.34. The van der Waals surface area contributed by atoms with Gasteiger partial charge in [-0.05, 0) is 12.1 Å². The molecule has 0 spiro atoms. The van der Waals surface area contributed by atoms with Crippen molar-refractivity contribution in [2.75, 3.05) is 19.8 Å². The molecule has 0 aliphatic carbocycles. The van der Waals surface area contributed by atoms with Crippen molar-refractivity contribution >= 4 is 22.5 Å². The van der Waals surface area contributed by atoms with Crippen LogP contribution in [0.2, 0.25) is 0 Å². The van der Waals surface area contributed by atoms with E-state index in [1.54, 1.807) is 19.0 Å². The summed E-state index contributed by atoms with van der Waals surface area (Å²) in [6.07, 6.45) is 1.82. The lowest BCUT2D eigenvalue weighted by Crippen LogP contribution is -2.21. The highest BCUT2D eigenvalue weighted by Crippen LogP contribution is 2.26. The summed E-state index contributed by atoms with van der Waals surface area (Å²) >= 11 is 0. The molecule has 0 fully saturated rings. The van der Waals surface area contributed by atoms with Crippen LogP contribution in [0.5, 0.6) is 0 Å². The molecule has 0 saturated heterocycles. The van der Waals surface area contributed by atoms with Gasteiger partial charge in [0.15, 0.2) is 0 Å². The van der Waals surface area contributed by atoms with E-state index in [9.17, 15) is 4.79 Å². The number of nitrogen functional groups attached to an aromatic ring is 1. The van der Waals surface area contributed by atoms with Crippen molar-refractivity contribution in [3.63, 3.8) is 0 Å². The van der Waals surface area contributed by atoms with Gasteiger partial charge in [0, 0.05) is 38.4 Å². The molecule has 2 aromatic rings. The molecule has 0 bridgehead atoms. The predicted molar refractivity (Wildman–Crippen MR) is 65.3 cm³/mol. The molecule has 4 heteroatoms. The third kappa shape index (κ3) is 1.43. The van der Waals surface area contributed by atoms with E-state index in [0.717, 1.165) is 10.9 Å². The number of amides is 1. The molecule has 84 valence electrons. The quantitative estimate of drug-likeness (QED) is 0.735. The van der Waals surface area contributed by atoms with Crippen molar-refractivity contribution in [2.24, 2.45) is 7.05 Å². The Hall–Kier alpha value is -1.97. The van der Waals surface area contributed by atoms with Gasteiger partial charge in [-0.15, -0.1) is 0 Å². The van der Waals surface area contributed by atoms with Gasteiger partial charge >= 0.3 is 0 Å². The molecular formula is C12H15N3O. The fourth-order valence-electron chi connectivity index (χ4n) is 1.88. The van der Waals surface area contributed by atoms with Crippen LogP contribution in [0.4, 0.5) is 5.69 Å². The summed E-state index contributed by atoms with van der Waals surface area (Å²) < 4.78 is 1.92. The summed E-state index contributed by atoms with van der Waals surface area (Å²) in [4.78, 5) is 13.5. The Morgan fingerprint density at radius 1 is 1.38 bits per heavy atom. The largest absolute Gasteiger partial charge is 0.398 e. The summed E-state index contributed by atoms with van der Waals surface area (Å²) in [5.41, 5.74) is 8.20. The number of carbonyl (C=O) groups excluding carboxylic acids is 1. The molecule has 2 N–H and O–H groups in total. The molecule has 16 heavy (non-hydrogen) atoms. The lowest BCUT2D eigenvalue weighted by molar-refractivity contribution is 0.0829. The van der Waals surface area contributed by atoms with Crippen LogP contribution >= 0.6 is 0 Å². The number of aryl methyl sites for hydroxylation is 1. The maximum atomic E-state index is 12.0. The minimum Gasteiger partial charge on any atom is -0.398 e. The van der Waals surface area contributed by atoms with Crippen molar-refractivity contribution in [3.8, 4) is 0 Å². The van der Waals surface area contributed by atoms with Crippen molar-refractivity contribution < 1.29 is 4.79 Å². The minimum atomic E-state index is -0.0245. The molecule has 1 amide bonds. The zero-order chi connectivity index (χ0) is 11.9. The third-order valence-electron chi connectivity index (χ3n) is 2.68. The third-order valence-corrected chi connectivity index (χ3v) is 2.68. The number of anilines is 1. The summed E-state index contributed by atoms with van der Waals surface area (Å²) in [5, 5.41) is 0.837. The average molecular weight is 217 g/mol. The number of nitrogens with two attached hydrogens (primary N) is 1. The van der Waals surface area contributed by atoms with E-state index in [4.69, 9.17) is 5.73 Å². The van der Waals surface area contributed by atoms with Gasteiger partial charge in [-0.2, -0.15) is 0 Å². The zero-order valence-corrected chi connectivity index (χ0v) is 9.69. The van der Waals surface area contributed by atoms with Gasteiger partial charge in [0.05, 0.1) is 11.1 Å². The van der Waals surface area contributed by atoms with Crippen LogP contribution in [0.15, 0.2) is 24.4 Å².